The second-order valence-corrected chi connectivity index (χ2v) is 7.59. The van der Waals surface area contributed by atoms with E-state index in [1.807, 2.05) is 91.0 Å². The summed E-state index contributed by atoms with van der Waals surface area (Å²) in [5, 5.41) is 0. The van der Waals surface area contributed by atoms with Gasteiger partial charge >= 0.3 is 0 Å². The van der Waals surface area contributed by atoms with Crippen molar-refractivity contribution in [2.24, 2.45) is 0 Å². The molecule has 5 aromatic rings. The molecule has 5 aromatic heterocycles. The molecule has 0 saturated carbocycles. The number of nitrogens with zero attached hydrogens (tertiary/aromatic N) is 5. The quantitative estimate of drug-likeness (QED) is 0.387. The summed E-state index contributed by atoms with van der Waals surface area (Å²) in [7, 11) is 0. The SMILES string of the molecule is CC(c1ccccn1)(c1cccc(-c2ccccn2)n1)c1cccc(-c2ccccn2)n1. The van der Waals surface area contributed by atoms with E-state index in [2.05, 4.69) is 16.9 Å². The van der Waals surface area contributed by atoms with Gasteiger partial charge in [-0.15, -0.1) is 0 Å². The third-order valence-electron chi connectivity index (χ3n) is 5.55. The topological polar surface area (TPSA) is 64.5 Å². The molecule has 0 aliphatic carbocycles. The van der Waals surface area contributed by atoms with Crippen LogP contribution in [0.2, 0.25) is 0 Å². The van der Waals surface area contributed by atoms with Crippen molar-refractivity contribution < 1.29 is 0 Å². The Morgan fingerprint density at radius 1 is 0.438 bits per heavy atom. The van der Waals surface area contributed by atoms with Gasteiger partial charge in [0, 0.05) is 18.6 Å². The van der Waals surface area contributed by atoms with Crippen LogP contribution in [0.25, 0.3) is 22.8 Å². The van der Waals surface area contributed by atoms with Gasteiger partial charge in [0.2, 0.25) is 0 Å². The highest BCUT2D eigenvalue weighted by molar-refractivity contribution is 5.57. The standard InChI is InChI=1S/C27H21N5/c1-27(24-14-4-7-19-30-24,25-15-8-12-22(31-25)20-10-2-5-17-28-20)26-16-9-13-23(32-26)21-11-3-6-18-29-21/h2-19H,1H3. The van der Waals surface area contributed by atoms with Crippen molar-refractivity contribution in [2.75, 3.05) is 0 Å². The lowest BCUT2D eigenvalue weighted by atomic mass is 9.78. The van der Waals surface area contributed by atoms with Gasteiger partial charge in [0.1, 0.15) is 0 Å². The van der Waals surface area contributed by atoms with Gasteiger partial charge in [-0.2, -0.15) is 0 Å². The number of rotatable bonds is 5. The van der Waals surface area contributed by atoms with E-state index in [4.69, 9.17) is 15.0 Å². The molecular formula is C27H21N5. The van der Waals surface area contributed by atoms with Crippen molar-refractivity contribution in [3.63, 3.8) is 0 Å². The first-order valence-corrected chi connectivity index (χ1v) is 10.4. The summed E-state index contributed by atoms with van der Waals surface area (Å²) >= 11 is 0. The zero-order chi connectivity index (χ0) is 21.8. The van der Waals surface area contributed by atoms with Gasteiger partial charge in [0.25, 0.3) is 0 Å². The number of hydrogen-bond acceptors (Lipinski definition) is 5. The summed E-state index contributed by atoms with van der Waals surface area (Å²) in [6.07, 6.45) is 5.36. The van der Waals surface area contributed by atoms with Crippen LogP contribution >= 0.6 is 0 Å². The van der Waals surface area contributed by atoms with Crippen LogP contribution in [0, 0.1) is 0 Å². The summed E-state index contributed by atoms with van der Waals surface area (Å²) in [4.78, 5) is 23.7. The third kappa shape index (κ3) is 3.65. The number of aromatic nitrogens is 5. The molecule has 5 heteroatoms. The zero-order valence-corrected chi connectivity index (χ0v) is 17.6. The Kier molecular flexibility index (Phi) is 5.22. The monoisotopic (exact) mass is 415 g/mol. The summed E-state index contributed by atoms with van der Waals surface area (Å²) in [6, 6.07) is 29.6. The van der Waals surface area contributed by atoms with Gasteiger partial charge in [-0.05, 0) is 67.6 Å². The smallest absolute Gasteiger partial charge is 0.0939 e. The van der Waals surface area contributed by atoms with Gasteiger partial charge in [-0.1, -0.05) is 30.3 Å². The van der Waals surface area contributed by atoms with Crippen molar-refractivity contribution >= 4 is 0 Å². The summed E-state index contributed by atoms with van der Waals surface area (Å²) in [5.74, 6) is 0. The number of pyridine rings is 5. The molecule has 0 atom stereocenters. The fraction of sp³-hybridized carbons (Fsp3) is 0.0741. The first kappa shape index (κ1) is 19.7. The molecule has 0 radical (unpaired) electrons. The predicted octanol–water partition coefficient (Wildman–Crippen LogP) is 5.35. The maximum absolute atomic E-state index is 5.01. The molecule has 0 aromatic carbocycles. The molecule has 0 aliphatic rings. The fourth-order valence-corrected chi connectivity index (χ4v) is 3.79. The van der Waals surface area contributed by atoms with Crippen molar-refractivity contribution in [1.82, 2.24) is 24.9 Å². The molecule has 5 heterocycles. The third-order valence-corrected chi connectivity index (χ3v) is 5.55. The van der Waals surface area contributed by atoms with E-state index in [1.165, 1.54) is 0 Å². The first-order chi connectivity index (χ1) is 15.7. The second kappa shape index (κ2) is 8.47. The zero-order valence-electron chi connectivity index (χ0n) is 17.6. The predicted molar refractivity (Wildman–Crippen MR) is 125 cm³/mol. The Labute approximate surface area is 186 Å². The van der Waals surface area contributed by atoms with Crippen LogP contribution in [0.15, 0.2) is 110 Å². The summed E-state index contributed by atoms with van der Waals surface area (Å²) in [6.45, 7) is 2.12. The molecular weight excluding hydrogens is 394 g/mol. The Balaban J connectivity index is 1.70. The van der Waals surface area contributed by atoms with E-state index in [0.717, 1.165) is 39.9 Å². The molecule has 154 valence electrons. The Hall–Kier alpha value is -4.25. The van der Waals surface area contributed by atoms with E-state index < -0.39 is 5.41 Å². The minimum atomic E-state index is -0.670. The largest absolute Gasteiger partial charge is 0.260 e. The molecule has 32 heavy (non-hydrogen) atoms. The van der Waals surface area contributed by atoms with Crippen LogP contribution in [0.1, 0.15) is 24.0 Å². The molecule has 0 amide bonds. The maximum atomic E-state index is 5.01. The van der Waals surface area contributed by atoms with Crippen LogP contribution in [-0.4, -0.2) is 24.9 Å². The van der Waals surface area contributed by atoms with E-state index in [0.29, 0.717) is 0 Å². The van der Waals surface area contributed by atoms with Crippen molar-refractivity contribution in [3.05, 3.63) is 127 Å². The molecule has 5 rings (SSSR count). The van der Waals surface area contributed by atoms with Crippen LogP contribution in [0.5, 0.6) is 0 Å². The van der Waals surface area contributed by atoms with Crippen molar-refractivity contribution in [1.29, 1.82) is 0 Å². The molecule has 0 spiro atoms. The van der Waals surface area contributed by atoms with Crippen molar-refractivity contribution in [2.45, 2.75) is 12.3 Å². The average molecular weight is 416 g/mol. The Morgan fingerprint density at radius 2 is 0.875 bits per heavy atom. The Bertz CT molecular complexity index is 1240. The molecule has 0 unspecified atom stereocenters. The van der Waals surface area contributed by atoms with E-state index in [1.54, 1.807) is 18.6 Å². The summed E-state index contributed by atoms with van der Waals surface area (Å²) in [5.41, 5.74) is 5.18. The molecule has 0 bridgehead atoms. The van der Waals surface area contributed by atoms with E-state index in [9.17, 15) is 0 Å². The highest BCUT2D eigenvalue weighted by atomic mass is 14.9. The molecule has 5 nitrogen and oxygen atoms in total. The van der Waals surface area contributed by atoms with Crippen LogP contribution in [0.3, 0.4) is 0 Å². The lowest BCUT2D eigenvalue weighted by Gasteiger charge is -2.29. The van der Waals surface area contributed by atoms with Crippen molar-refractivity contribution in [3.8, 4) is 22.8 Å². The van der Waals surface area contributed by atoms with Gasteiger partial charge < -0.3 is 0 Å². The minimum Gasteiger partial charge on any atom is -0.260 e. The van der Waals surface area contributed by atoms with Crippen LogP contribution < -0.4 is 0 Å². The fourth-order valence-electron chi connectivity index (χ4n) is 3.79. The highest BCUT2D eigenvalue weighted by Crippen LogP contribution is 2.37. The normalized spacial score (nSPS) is 11.3. The van der Waals surface area contributed by atoms with E-state index >= 15 is 0 Å². The molecule has 0 fully saturated rings. The maximum Gasteiger partial charge on any atom is 0.0939 e. The van der Waals surface area contributed by atoms with E-state index in [-0.39, 0.29) is 0 Å². The number of hydrogen-bond donors (Lipinski definition) is 0. The first-order valence-electron chi connectivity index (χ1n) is 10.4. The molecule has 0 saturated heterocycles. The Morgan fingerprint density at radius 3 is 1.31 bits per heavy atom. The van der Waals surface area contributed by atoms with Gasteiger partial charge in [-0.3, -0.25) is 15.0 Å². The molecule has 0 N–H and O–H groups in total. The lowest BCUT2D eigenvalue weighted by Crippen LogP contribution is -2.29. The van der Waals surface area contributed by atoms with Crippen LogP contribution in [0.4, 0.5) is 0 Å². The minimum absolute atomic E-state index is 0.670. The van der Waals surface area contributed by atoms with Gasteiger partial charge in [0.15, 0.2) is 0 Å². The van der Waals surface area contributed by atoms with Crippen LogP contribution in [-0.2, 0) is 5.41 Å². The molecule has 0 aliphatic heterocycles. The average Bonchev–Trinajstić information content (AvgIpc) is 2.90. The second-order valence-electron chi connectivity index (χ2n) is 7.59. The summed E-state index contributed by atoms with van der Waals surface area (Å²) < 4.78 is 0. The van der Waals surface area contributed by atoms with Gasteiger partial charge in [0.05, 0.1) is 45.3 Å². The van der Waals surface area contributed by atoms with Gasteiger partial charge in [-0.25, -0.2) is 9.97 Å². The highest BCUT2D eigenvalue weighted by Gasteiger charge is 2.36. The lowest BCUT2D eigenvalue weighted by molar-refractivity contribution is 0.621.